The molecule has 0 spiro atoms. The van der Waals surface area contributed by atoms with E-state index >= 15 is 0 Å². The fraction of sp³-hybridized carbons (Fsp3) is 0.917. The quantitative estimate of drug-likeness (QED) is 0.0215. The van der Waals surface area contributed by atoms with E-state index in [-0.39, 0.29) is 12.8 Å². The molecule has 11 nitrogen and oxygen atoms in total. The van der Waals surface area contributed by atoms with E-state index < -0.39 is 74.2 Å². The second-order valence-electron chi connectivity index (χ2n) is 21.4. The van der Waals surface area contributed by atoms with E-state index in [0.717, 1.165) is 38.5 Å². The number of amides is 1. The lowest BCUT2D eigenvalue weighted by molar-refractivity contribution is -0.303. The minimum atomic E-state index is -1.67. The van der Waals surface area contributed by atoms with Gasteiger partial charge in [0.25, 0.3) is 0 Å². The number of nitrogens with one attached hydrogen (secondary N) is 1. The average Bonchev–Trinajstić information content (AvgIpc) is 3.37. The van der Waals surface area contributed by atoms with Crippen LogP contribution in [0.5, 0.6) is 0 Å². The van der Waals surface area contributed by atoms with Gasteiger partial charge in [0.05, 0.1) is 25.4 Å². The number of aliphatic hydroxyl groups is 7. The second kappa shape index (κ2) is 49.5. The Bertz CT molecular complexity index is 1200. The first-order chi connectivity index (χ1) is 34.7. The van der Waals surface area contributed by atoms with E-state index in [9.17, 15) is 40.5 Å². The van der Waals surface area contributed by atoms with Crippen molar-refractivity contribution in [1.82, 2.24) is 5.32 Å². The lowest BCUT2D eigenvalue weighted by Crippen LogP contribution is -2.60. The third-order valence-corrected chi connectivity index (χ3v) is 14.7. The highest BCUT2D eigenvalue weighted by Crippen LogP contribution is 2.23. The van der Waals surface area contributed by atoms with Crippen LogP contribution in [-0.2, 0) is 14.3 Å². The van der Waals surface area contributed by atoms with Crippen LogP contribution in [0.1, 0.15) is 284 Å². The van der Waals surface area contributed by atoms with Crippen LogP contribution in [0.4, 0.5) is 0 Å². The van der Waals surface area contributed by atoms with Crippen LogP contribution >= 0.6 is 0 Å². The zero-order valence-corrected chi connectivity index (χ0v) is 46.0. The molecule has 0 saturated carbocycles. The molecule has 0 aromatic carbocycles. The van der Waals surface area contributed by atoms with Gasteiger partial charge in [0, 0.05) is 0 Å². The number of carbonyl (C=O) groups is 1. The van der Waals surface area contributed by atoms with Crippen molar-refractivity contribution < 1.29 is 50.0 Å². The van der Waals surface area contributed by atoms with Crippen molar-refractivity contribution in [1.29, 1.82) is 0 Å². The standard InChI is InChI=1S/C60H115NO10/c1-3-5-7-9-11-13-15-17-19-21-23-24-25-26-27-28-29-30-32-34-36-38-40-42-44-46-48-53(64)59(69)61-51(50-70-60-58(68)57(67)56(66)54(49-62)71-60)55(65)52(63)47-45-43-41-39-37-35-33-31-22-20-18-16-14-12-10-8-6-4-2/h26-27,39,41,51-58,60,62-68H,3-25,28-38,40,42-50H2,1-2H3,(H,61,69)/b27-26-,41-39+. The molecule has 420 valence electrons. The van der Waals surface area contributed by atoms with Crippen LogP contribution in [0, 0.1) is 0 Å². The number of rotatable bonds is 52. The number of carbonyl (C=O) groups excluding carboxylic acids is 1. The molecular weight excluding hydrogens is 895 g/mol. The summed E-state index contributed by atoms with van der Waals surface area (Å²) in [5, 5.41) is 76.2. The van der Waals surface area contributed by atoms with Crippen molar-refractivity contribution in [3.63, 3.8) is 0 Å². The predicted octanol–water partition coefficient (Wildman–Crippen LogP) is 12.9. The van der Waals surface area contributed by atoms with Gasteiger partial charge in [-0.2, -0.15) is 0 Å². The van der Waals surface area contributed by atoms with Crippen molar-refractivity contribution in [2.45, 2.75) is 339 Å². The summed E-state index contributed by atoms with van der Waals surface area (Å²) in [4.78, 5) is 13.2. The number of aliphatic hydroxyl groups excluding tert-OH is 7. The molecule has 0 aromatic rings. The first kappa shape index (κ1) is 67.6. The fourth-order valence-electron chi connectivity index (χ4n) is 9.79. The Labute approximate surface area is 435 Å². The van der Waals surface area contributed by atoms with E-state index in [1.54, 1.807) is 0 Å². The summed E-state index contributed by atoms with van der Waals surface area (Å²) in [5.74, 6) is -0.704. The van der Waals surface area contributed by atoms with Gasteiger partial charge >= 0.3 is 0 Å². The molecule has 1 aliphatic heterocycles. The first-order valence-corrected chi connectivity index (χ1v) is 30.2. The van der Waals surface area contributed by atoms with Gasteiger partial charge in [-0.25, -0.2) is 0 Å². The van der Waals surface area contributed by atoms with Gasteiger partial charge in [-0.15, -0.1) is 0 Å². The Morgan fingerprint density at radius 1 is 0.479 bits per heavy atom. The van der Waals surface area contributed by atoms with Crippen molar-refractivity contribution in [3.8, 4) is 0 Å². The second-order valence-corrected chi connectivity index (χ2v) is 21.4. The monoisotopic (exact) mass is 1010 g/mol. The summed E-state index contributed by atoms with van der Waals surface area (Å²) in [6.45, 7) is 3.47. The summed E-state index contributed by atoms with van der Waals surface area (Å²) in [5.41, 5.74) is 0. The molecule has 0 aliphatic carbocycles. The number of allylic oxidation sites excluding steroid dienone is 4. The van der Waals surface area contributed by atoms with Gasteiger partial charge in [0.2, 0.25) is 5.91 Å². The predicted molar refractivity (Wildman–Crippen MR) is 293 cm³/mol. The topological polar surface area (TPSA) is 189 Å². The maximum atomic E-state index is 13.2. The van der Waals surface area contributed by atoms with Crippen molar-refractivity contribution in [3.05, 3.63) is 24.3 Å². The van der Waals surface area contributed by atoms with Gasteiger partial charge < -0.3 is 50.5 Å². The fourth-order valence-corrected chi connectivity index (χ4v) is 9.79. The largest absolute Gasteiger partial charge is 0.394 e. The van der Waals surface area contributed by atoms with Crippen LogP contribution in [-0.4, -0.2) is 110 Å². The summed E-state index contributed by atoms with van der Waals surface area (Å²) in [6, 6.07) is -1.18. The molecule has 0 radical (unpaired) electrons. The van der Waals surface area contributed by atoms with E-state index in [0.29, 0.717) is 12.8 Å². The van der Waals surface area contributed by atoms with Gasteiger partial charge in [0.15, 0.2) is 6.29 Å². The number of unbranched alkanes of at least 4 members (excludes halogenated alkanes) is 36. The molecule has 8 N–H and O–H groups in total. The highest BCUT2D eigenvalue weighted by atomic mass is 16.7. The van der Waals surface area contributed by atoms with Crippen LogP contribution in [0.2, 0.25) is 0 Å². The molecule has 9 unspecified atom stereocenters. The third-order valence-electron chi connectivity index (χ3n) is 14.7. The zero-order valence-electron chi connectivity index (χ0n) is 46.0. The van der Waals surface area contributed by atoms with E-state index in [1.807, 2.05) is 0 Å². The summed E-state index contributed by atoms with van der Waals surface area (Å²) in [6.07, 6.45) is 48.1. The maximum Gasteiger partial charge on any atom is 0.249 e. The van der Waals surface area contributed by atoms with Crippen molar-refractivity contribution in [2.24, 2.45) is 0 Å². The Balaban J connectivity index is 2.29. The van der Waals surface area contributed by atoms with Gasteiger partial charge in [-0.3, -0.25) is 4.79 Å². The molecule has 9 atom stereocenters. The average molecular weight is 1010 g/mol. The minimum absolute atomic E-state index is 0.254. The van der Waals surface area contributed by atoms with Gasteiger partial charge in [-0.1, -0.05) is 244 Å². The molecule has 11 heteroatoms. The number of hydrogen-bond acceptors (Lipinski definition) is 10. The zero-order chi connectivity index (χ0) is 51.8. The lowest BCUT2D eigenvalue weighted by atomic mass is 9.98. The van der Waals surface area contributed by atoms with Crippen molar-refractivity contribution >= 4 is 5.91 Å². The van der Waals surface area contributed by atoms with Crippen LogP contribution < -0.4 is 5.32 Å². The lowest BCUT2D eigenvalue weighted by Gasteiger charge is -2.40. The molecule has 1 aliphatic rings. The molecule has 71 heavy (non-hydrogen) atoms. The molecule has 1 fully saturated rings. The summed E-state index contributed by atoms with van der Waals surface area (Å²) >= 11 is 0. The van der Waals surface area contributed by atoms with E-state index in [1.165, 1.54) is 205 Å². The Morgan fingerprint density at radius 2 is 0.831 bits per heavy atom. The van der Waals surface area contributed by atoms with Crippen LogP contribution in [0.15, 0.2) is 24.3 Å². The van der Waals surface area contributed by atoms with E-state index in [4.69, 9.17) is 9.47 Å². The maximum absolute atomic E-state index is 13.2. The molecular formula is C60H115NO10. The highest BCUT2D eigenvalue weighted by molar-refractivity contribution is 5.80. The Hall–Kier alpha value is -1.41. The Kier molecular flexibility index (Phi) is 47.1. The van der Waals surface area contributed by atoms with Crippen molar-refractivity contribution in [2.75, 3.05) is 13.2 Å². The Morgan fingerprint density at radius 3 is 1.21 bits per heavy atom. The molecule has 1 saturated heterocycles. The first-order valence-electron chi connectivity index (χ1n) is 30.2. The summed E-state index contributed by atoms with van der Waals surface area (Å²) < 4.78 is 11.1. The molecule has 1 amide bonds. The number of ether oxygens (including phenoxy) is 2. The SMILES string of the molecule is CCCCCCCCCCCCCC/C=C\CCCCCCCCCCCCC(O)C(=O)NC(COC1OC(CO)C(O)C(O)C1O)C(O)C(O)CCC/C=C/CCCCCCCCCCCCCCC. The number of hydrogen-bond donors (Lipinski definition) is 8. The third kappa shape index (κ3) is 37.9. The van der Waals surface area contributed by atoms with Crippen LogP contribution in [0.25, 0.3) is 0 Å². The molecule has 1 heterocycles. The van der Waals surface area contributed by atoms with Gasteiger partial charge in [0.1, 0.15) is 36.6 Å². The molecule has 1 rings (SSSR count). The van der Waals surface area contributed by atoms with E-state index in [2.05, 4.69) is 43.5 Å². The normalized spacial score (nSPS) is 20.3. The van der Waals surface area contributed by atoms with Gasteiger partial charge in [-0.05, 0) is 64.2 Å². The molecule has 0 aromatic heterocycles. The highest BCUT2D eigenvalue weighted by Gasteiger charge is 2.44. The smallest absolute Gasteiger partial charge is 0.249 e. The minimum Gasteiger partial charge on any atom is -0.394 e. The summed E-state index contributed by atoms with van der Waals surface area (Å²) in [7, 11) is 0. The molecule has 0 bridgehead atoms. The van der Waals surface area contributed by atoms with Crippen LogP contribution in [0.3, 0.4) is 0 Å².